The lowest BCUT2D eigenvalue weighted by Crippen LogP contribution is -2.42. The fourth-order valence-electron chi connectivity index (χ4n) is 4.04. The number of carbonyl (C=O) groups excluding carboxylic acids is 3. The van der Waals surface area contributed by atoms with E-state index in [9.17, 15) is 14.4 Å². The standard InChI is InChI=1S/C25H21N3O3S/c29-22-15-27(21-9-5-4-8-20(21)26-22)24(31)18-10-12-19(13-11-18)25-28(23(30)16-32-25)14-17-6-2-1-3-7-17/h1-13,25H,14-16H2,(H,26,29)/t25-/m0/s1. The lowest BCUT2D eigenvalue weighted by Gasteiger charge is -2.29. The normalized spacial score (nSPS) is 17.8. The summed E-state index contributed by atoms with van der Waals surface area (Å²) in [6, 6.07) is 24.6. The molecule has 5 rings (SSSR count). The molecule has 2 aliphatic rings. The van der Waals surface area contributed by atoms with Crippen molar-refractivity contribution >= 4 is 40.9 Å². The van der Waals surface area contributed by atoms with Gasteiger partial charge in [-0.25, -0.2) is 0 Å². The molecule has 3 aromatic rings. The van der Waals surface area contributed by atoms with Crippen molar-refractivity contribution in [3.8, 4) is 0 Å². The summed E-state index contributed by atoms with van der Waals surface area (Å²) >= 11 is 1.59. The summed E-state index contributed by atoms with van der Waals surface area (Å²) in [6.45, 7) is 0.535. The third-order valence-electron chi connectivity index (χ3n) is 5.62. The Labute approximate surface area is 190 Å². The van der Waals surface area contributed by atoms with Crippen LogP contribution in [0.1, 0.15) is 26.9 Å². The molecule has 160 valence electrons. The maximum atomic E-state index is 13.2. The van der Waals surface area contributed by atoms with Gasteiger partial charge >= 0.3 is 0 Å². The molecule has 1 N–H and O–H groups in total. The van der Waals surface area contributed by atoms with Crippen LogP contribution in [0.25, 0.3) is 0 Å². The van der Waals surface area contributed by atoms with Gasteiger partial charge in [-0.2, -0.15) is 0 Å². The van der Waals surface area contributed by atoms with Crippen molar-refractivity contribution in [3.05, 3.63) is 95.6 Å². The van der Waals surface area contributed by atoms with E-state index in [4.69, 9.17) is 0 Å². The second kappa shape index (κ2) is 8.51. The van der Waals surface area contributed by atoms with Gasteiger partial charge in [-0.3, -0.25) is 19.3 Å². The minimum Gasteiger partial charge on any atom is -0.323 e. The van der Waals surface area contributed by atoms with Crippen LogP contribution >= 0.6 is 11.8 Å². The Hall–Kier alpha value is -3.58. The van der Waals surface area contributed by atoms with Crippen molar-refractivity contribution in [2.45, 2.75) is 11.9 Å². The molecule has 2 heterocycles. The largest absolute Gasteiger partial charge is 0.323 e. The van der Waals surface area contributed by atoms with E-state index in [1.54, 1.807) is 30.0 Å². The number of hydrogen-bond donors (Lipinski definition) is 1. The molecule has 7 heteroatoms. The highest BCUT2D eigenvalue weighted by atomic mass is 32.2. The molecule has 0 unspecified atom stereocenters. The van der Waals surface area contributed by atoms with E-state index in [0.717, 1.165) is 11.1 Å². The third-order valence-corrected chi connectivity index (χ3v) is 6.88. The van der Waals surface area contributed by atoms with Crippen LogP contribution in [-0.4, -0.2) is 34.9 Å². The molecule has 2 aliphatic heterocycles. The van der Waals surface area contributed by atoms with E-state index in [1.165, 1.54) is 4.90 Å². The smallest absolute Gasteiger partial charge is 0.258 e. The van der Waals surface area contributed by atoms with Gasteiger partial charge in [-0.05, 0) is 35.4 Å². The van der Waals surface area contributed by atoms with Gasteiger partial charge in [0.25, 0.3) is 5.91 Å². The van der Waals surface area contributed by atoms with E-state index in [-0.39, 0.29) is 29.6 Å². The molecule has 32 heavy (non-hydrogen) atoms. The zero-order chi connectivity index (χ0) is 22.1. The van der Waals surface area contributed by atoms with Crippen LogP contribution < -0.4 is 10.2 Å². The number of rotatable bonds is 4. The molecule has 1 atom stereocenters. The number of benzene rings is 3. The summed E-state index contributed by atoms with van der Waals surface area (Å²) in [6.07, 6.45) is 0. The number of nitrogens with one attached hydrogen (secondary N) is 1. The van der Waals surface area contributed by atoms with Crippen molar-refractivity contribution in [1.82, 2.24) is 4.90 Å². The van der Waals surface area contributed by atoms with E-state index in [2.05, 4.69) is 5.32 Å². The average molecular weight is 444 g/mol. The van der Waals surface area contributed by atoms with Gasteiger partial charge in [0.15, 0.2) is 0 Å². The predicted molar refractivity (Wildman–Crippen MR) is 125 cm³/mol. The molecule has 0 radical (unpaired) electrons. The second-order valence-corrected chi connectivity index (χ2v) is 8.82. The van der Waals surface area contributed by atoms with Crippen molar-refractivity contribution in [1.29, 1.82) is 0 Å². The predicted octanol–water partition coefficient (Wildman–Crippen LogP) is 4.06. The molecule has 3 amide bonds. The molecule has 0 aliphatic carbocycles. The maximum absolute atomic E-state index is 13.2. The molecule has 6 nitrogen and oxygen atoms in total. The summed E-state index contributed by atoms with van der Waals surface area (Å²) in [5, 5.41) is 2.71. The Morgan fingerprint density at radius 3 is 2.44 bits per heavy atom. The first kappa shape index (κ1) is 20.3. The van der Waals surface area contributed by atoms with E-state index in [0.29, 0.717) is 29.2 Å². The Kier molecular flexibility index (Phi) is 5.41. The second-order valence-electron chi connectivity index (χ2n) is 7.75. The van der Waals surface area contributed by atoms with Gasteiger partial charge < -0.3 is 10.2 Å². The summed E-state index contributed by atoms with van der Waals surface area (Å²) in [5.41, 5.74) is 3.88. The first-order valence-electron chi connectivity index (χ1n) is 10.4. The quantitative estimate of drug-likeness (QED) is 0.660. The molecular weight excluding hydrogens is 422 g/mol. The number of para-hydroxylation sites is 2. The average Bonchev–Trinajstić information content (AvgIpc) is 3.18. The van der Waals surface area contributed by atoms with Crippen molar-refractivity contribution in [2.75, 3.05) is 22.5 Å². The summed E-state index contributed by atoms with van der Waals surface area (Å²) in [5.74, 6) is 0.110. The molecule has 0 bridgehead atoms. The van der Waals surface area contributed by atoms with Crippen LogP contribution in [0.4, 0.5) is 11.4 Å². The molecule has 1 fully saturated rings. The maximum Gasteiger partial charge on any atom is 0.258 e. The van der Waals surface area contributed by atoms with Crippen molar-refractivity contribution < 1.29 is 14.4 Å². The Morgan fingerprint density at radius 2 is 1.66 bits per heavy atom. The third kappa shape index (κ3) is 3.87. The number of anilines is 2. The highest BCUT2D eigenvalue weighted by molar-refractivity contribution is 8.00. The number of amides is 3. The minimum atomic E-state index is -0.227. The van der Waals surface area contributed by atoms with E-state index >= 15 is 0 Å². The molecular formula is C25H21N3O3S. The number of fused-ring (bicyclic) bond motifs is 1. The van der Waals surface area contributed by atoms with Crippen LogP contribution in [0, 0.1) is 0 Å². The van der Waals surface area contributed by atoms with Gasteiger partial charge in [0, 0.05) is 12.1 Å². The van der Waals surface area contributed by atoms with Crippen LogP contribution in [0.3, 0.4) is 0 Å². The number of thioether (sulfide) groups is 1. The van der Waals surface area contributed by atoms with Gasteiger partial charge in [0.1, 0.15) is 11.9 Å². The highest BCUT2D eigenvalue weighted by Crippen LogP contribution is 2.39. The lowest BCUT2D eigenvalue weighted by atomic mass is 10.1. The zero-order valence-corrected chi connectivity index (χ0v) is 18.0. The molecule has 1 saturated heterocycles. The highest BCUT2D eigenvalue weighted by Gasteiger charge is 2.33. The molecule has 3 aromatic carbocycles. The van der Waals surface area contributed by atoms with Gasteiger partial charge in [-0.15, -0.1) is 11.8 Å². The zero-order valence-electron chi connectivity index (χ0n) is 17.2. The van der Waals surface area contributed by atoms with E-state index < -0.39 is 0 Å². The van der Waals surface area contributed by atoms with Crippen molar-refractivity contribution in [3.63, 3.8) is 0 Å². The summed E-state index contributed by atoms with van der Waals surface area (Å²) < 4.78 is 0. The van der Waals surface area contributed by atoms with Crippen LogP contribution in [-0.2, 0) is 16.1 Å². The topological polar surface area (TPSA) is 69.7 Å². The number of nitrogens with zero attached hydrogens (tertiary/aromatic N) is 2. The van der Waals surface area contributed by atoms with E-state index in [1.807, 2.05) is 65.6 Å². The number of carbonyl (C=O) groups is 3. The van der Waals surface area contributed by atoms with Crippen LogP contribution in [0.5, 0.6) is 0 Å². The molecule has 0 spiro atoms. The van der Waals surface area contributed by atoms with Gasteiger partial charge in [0.05, 0.1) is 17.1 Å². The Balaban J connectivity index is 1.37. The van der Waals surface area contributed by atoms with Crippen LogP contribution in [0.2, 0.25) is 0 Å². The summed E-state index contributed by atoms with van der Waals surface area (Å²) in [7, 11) is 0. The first-order valence-corrected chi connectivity index (χ1v) is 11.4. The van der Waals surface area contributed by atoms with Gasteiger partial charge in [-0.1, -0.05) is 54.6 Å². The fraction of sp³-hybridized carbons (Fsp3) is 0.160. The van der Waals surface area contributed by atoms with Crippen molar-refractivity contribution in [2.24, 2.45) is 0 Å². The molecule has 0 aromatic heterocycles. The summed E-state index contributed by atoms with van der Waals surface area (Å²) in [4.78, 5) is 41.1. The van der Waals surface area contributed by atoms with Gasteiger partial charge in [0.2, 0.25) is 11.8 Å². The Bertz CT molecular complexity index is 1180. The molecule has 0 saturated carbocycles. The SMILES string of the molecule is O=C1CN(C(=O)c2ccc([C@@H]3SCC(=O)N3Cc3ccccc3)cc2)c2ccccc2N1. The van der Waals surface area contributed by atoms with Crippen LogP contribution in [0.15, 0.2) is 78.9 Å². The first-order chi connectivity index (χ1) is 15.6. The monoisotopic (exact) mass is 443 g/mol. The minimum absolute atomic E-state index is 0.0184. The Morgan fingerprint density at radius 1 is 0.938 bits per heavy atom. The fourth-order valence-corrected chi connectivity index (χ4v) is 5.23. The number of hydrogen-bond acceptors (Lipinski definition) is 4. The lowest BCUT2D eigenvalue weighted by molar-refractivity contribution is -0.128.